The van der Waals surface area contributed by atoms with Crippen molar-refractivity contribution in [3.8, 4) is 6.07 Å². The van der Waals surface area contributed by atoms with Crippen LogP contribution in [0.5, 0.6) is 0 Å². The van der Waals surface area contributed by atoms with Crippen LogP contribution in [0.3, 0.4) is 0 Å². The normalized spacial score (nSPS) is 19.6. The van der Waals surface area contributed by atoms with Gasteiger partial charge < -0.3 is 5.11 Å². The summed E-state index contributed by atoms with van der Waals surface area (Å²) < 4.78 is 25.6. The third-order valence-corrected chi connectivity index (χ3v) is 5.14. The highest BCUT2D eigenvalue weighted by atomic mass is 32.2. The van der Waals surface area contributed by atoms with E-state index in [2.05, 4.69) is 0 Å². The molecule has 7 heteroatoms. The molecule has 6 nitrogen and oxygen atoms in total. The molecule has 2 rings (SSSR count). The first-order valence-corrected chi connectivity index (χ1v) is 7.73. The number of nitrogens with zero attached hydrogens (tertiary/aromatic N) is 2. The van der Waals surface area contributed by atoms with Crippen LogP contribution in [-0.4, -0.2) is 36.9 Å². The van der Waals surface area contributed by atoms with Crippen molar-refractivity contribution >= 4 is 16.0 Å². The average Bonchev–Trinajstić information content (AvgIpc) is 2.90. The number of hydrogen-bond acceptors (Lipinski definition) is 4. The van der Waals surface area contributed by atoms with Gasteiger partial charge in [-0.2, -0.15) is 5.26 Å². The highest BCUT2D eigenvalue weighted by Crippen LogP contribution is 2.22. The van der Waals surface area contributed by atoms with Crippen LogP contribution >= 0.6 is 0 Å². The van der Waals surface area contributed by atoms with Gasteiger partial charge in [-0.25, -0.2) is 12.7 Å². The smallest absolute Gasteiger partial charge is 0.307 e. The molecule has 106 valence electrons. The van der Waals surface area contributed by atoms with Crippen molar-refractivity contribution in [3.05, 3.63) is 35.4 Å². The van der Waals surface area contributed by atoms with E-state index >= 15 is 0 Å². The molecule has 0 saturated carbocycles. The van der Waals surface area contributed by atoms with Crippen molar-refractivity contribution < 1.29 is 18.3 Å². The third kappa shape index (κ3) is 3.15. The van der Waals surface area contributed by atoms with Crippen molar-refractivity contribution in [2.45, 2.75) is 12.2 Å². The zero-order valence-corrected chi connectivity index (χ0v) is 11.5. The number of carbonyl (C=O) groups is 1. The predicted octanol–water partition coefficient (Wildman–Crippen LogP) is 0.795. The van der Waals surface area contributed by atoms with E-state index < -0.39 is 21.9 Å². The SMILES string of the molecule is N#Cc1ccc(CS(=O)(=O)N2CCC(C(=O)O)C2)cc1. The molecule has 1 aliphatic rings. The number of benzene rings is 1. The zero-order chi connectivity index (χ0) is 14.8. The predicted molar refractivity (Wildman–Crippen MR) is 71.1 cm³/mol. The summed E-state index contributed by atoms with van der Waals surface area (Å²) in [5.74, 6) is -1.75. The number of aliphatic carboxylic acids is 1. The van der Waals surface area contributed by atoms with Crippen molar-refractivity contribution in [3.63, 3.8) is 0 Å². The second kappa shape index (κ2) is 5.61. The molecule has 1 fully saturated rings. The van der Waals surface area contributed by atoms with Crippen LogP contribution in [-0.2, 0) is 20.6 Å². The van der Waals surface area contributed by atoms with Crippen LogP contribution in [0.2, 0.25) is 0 Å². The molecule has 0 amide bonds. The molecular formula is C13H14N2O4S. The van der Waals surface area contributed by atoms with Gasteiger partial charge in [0, 0.05) is 13.1 Å². The van der Waals surface area contributed by atoms with E-state index in [1.165, 1.54) is 4.31 Å². The minimum atomic E-state index is -3.51. The lowest BCUT2D eigenvalue weighted by atomic mass is 10.1. The lowest BCUT2D eigenvalue weighted by Gasteiger charge is -2.15. The van der Waals surface area contributed by atoms with Crippen LogP contribution in [0.4, 0.5) is 0 Å². The van der Waals surface area contributed by atoms with Crippen molar-refractivity contribution in [1.82, 2.24) is 4.31 Å². The standard InChI is InChI=1S/C13H14N2O4S/c14-7-10-1-3-11(4-2-10)9-20(18,19)15-6-5-12(8-15)13(16)17/h1-4,12H,5-6,8-9H2,(H,16,17). The van der Waals surface area contributed by atoms with Crippen LogP contribution in [0.25, 0.3) is 0 Å². The van der Waals surface area contributed by atoms with Gasteiger partial charge in [-0.15, -0.1) is 0 Å². The first kappa shape index (κ1) is 14.5. The maximum Gasteiger partial charge on any atom is 0.307 e. The first-order chi connectivity index (χ1) is 9.42. The molecule has 0 spiro atoms. The second-order valence-electron chi connectivity index (χ2n) is 4.75. The first-order valence-electron chi connectivity index (χ1n) is 6.12. The molecule has 1 heterocycles. The van der Waals surface area contributed by atoms with Crippen molar-refractivity contribution in [2.75, 3.05) is 13.1 Å². The molecule has 1 atom stereocenters. The molecule has 1 saturated heterocycles. The average molecular weight is 294 g/mol. The van der Waals surface area contributed by atoms with Crippen LogP contribution in [0, 0.1) is 17.2 Å². The monoisotopic (exact) mass is 294 g/mol. The second-order valence-corrected chi connectivity index (χ2v) is 6.72. The van der Waals surface area contributed by atoms with Gasteiger partial charge in [-0.05, 0) is 24.1 Å². The van der Waals surface area contributed by atoms with E-state index in [1.54, 1.807) is 24.3 Å². The molecule has 0 bridgehead atoms. The van der Waals surface area contributed by atoms with E-state index in [9.17, 15) is 13.2 Å². The van der Waals surface area contributed by atoms with E-state index in [0.29, 0.717) is 17.5 Å². The quantitative estimate of drug-likeness (QED) is 0.885. The Morgan fingerprint density at radius 2 is 2.05 bits per heavy atom. The van der Waals surface area contributed by atoms with Gasteiger partial charge in [-0.1, -0.05) is 12.1 Å². The Morgan fingerprint density at radius 3 is 2.55 bits per heavy atom. The number of carboxylic acids is 1. The van der Waals surface area contributed by atoms with Crippen LogP contribution in [0.15, 0.2) is 24.3 Å². The number of nitriles is 1. The van der Waals surface area contributed by atoms with E-state index in [0.717, 1.165) is 0 Å². The number of hydrogen-bond donors (Lipinski definition) is 1. The molecular weight excluding hydrogens is 280 g/mol. The Morgan fingerprint density at radius 1 is 1.40 bits per heavy atom. The summed E-state index contributed by atoms with van der Waals surface area (Å²) in [4.78, 5) is 10.9. The van der Waals surface area contributed by atoms with E-state index in [4.69, 9.17) is 10.4 Å². The maximum atomic E-state index is 12.2. The van der Waals surface area contributed by atoms with Gasteiger partial charge >= 0.3 is 5.97 Å². The fraction of sp³-hybridized carbons (Fsp3) is 0.385. The summed E-state index contributed by atoms with van der Waals surface area (Å²) in [6.45, 7) is 0.281. The summed E-state index contributed by atoms with van der Waals surface area (Å²) in [5.41, 5.74) is 1.06. The Labute approximate surface area is 117 Å². The van der Waals surface area contributed by atoms with Gasteiger partial charge in [0.1, 0.15) is 0 Å². The van der Waals surface area contributed by atoms with Gasteiger partial charge in [0.15, 0.2) is 0 Å². The van der Waals surface area contributed by atoms with E-state index in [-0.39, 0.29) is 18.8 Å². The number of carboxylic acid groups (broad SMARTS) is 1. The highest BCUT2D eigenvalue weighted by molar-refractivity contribution is 7.88. The summed E-state index contributed by atoms with van der Waals surface area (Å²) in [6, 6.07) is 8.29. The molecule has 1 unspecified atom stereocenters. The topological polar surface area (TPSA) is 98.5 Å². The van der Waals surface area contributed by atoms with Gasteiger partial charge in [-0.3, -0.25) is 4.79 Å². The maximum absolute atomic E-state index is 12.2. The largest absolute Gasteiger partial charge is 0.481 e. The highest BCUT2D eigenvalue weighted by Gasteiger charge is 2.34. The minimum absolute atomic E-state index is 0.0357. The number of rotatable bonds is 4. The Balaban J connectivity index is 2.08. The lowest BCUT2D eigenvalue weighted by molar-refractivity contribution is -0.141. The summed E-state index contributed by atoms with van der Waals surface area (Å²) in [6.07, 6.45) is 0.349. The Hall–Kier alpha value is -1.91. The van der Waals surface area contributed by atoms with Crippen molar-refractivity contribution in [1.29, 1.82) is 5.26 Å². The van der Waals surface area contributed by atoms with Crippen LogP contribution in [0.1, 0.15) is 17.5 Å². The molecule has 1 aliphatic heterocycles. The fourth-order valence-electron chi connectivity index (χ4n) is 2.16. The summed E-state index contributed by atoms with van der Waals surface area (Å²) in [7, 11) is -3.51. The molecule has 0 aromatic heterocycles. The molecule has 1 aromatic carbocycles. The lowest BCUT2D eigenvalue weighted by Crippen LogP contribution is -2.31. The van der Waals surface area contributed by atoms with Crippen molar-refractivity contribution in [2.24, 2.45) is 5.92 Å². The summed E-state index contributed by atoms with van der Waals surface area (Å²) >= 11 is 0. The molecule has 1 N–H and O–H groups in total. The van der Waals surface area contributed by atoms with Gasteiger partial charge in [0.25, 0.3) is 0 Å². The minimum Gasteiger partial charge on any atom is -0.481 e. The third-order valence-electron chi connectivity index (χ3n) is 3.33. The van der Waals surface area contributed by atoms with E-state index in [1.807, 2.05) is 6.07 Å². The zero-order valence-electron chi connectivity index (χ0n) is 10.7. The Bertz CT molecular complexity index is 646. The number of sulfonamides is 1. The summed E-state index contributed by atoms with van der Waals surface area (Å²) in [5, 5.41) is 17.6. The van der Waals surface area contributed by atoms with Gasteiger partial charge in [0.2, 0.25) is 10.0 Å². The molecule has 0 radical (unpaired) electrons. The fourth-order valence-corrected chi connectivity index (χ4v) is 3.75. The molecule has 20 heavy (non-hydrogen) atoms. The molecule has 0 aliphatic carbocycles. The Kier molecular flexibility index (Phi) is 4.06. The van der Waals surface area contributed by atoms with Crippen LogP contribution < -0.4 is 0 Å². The molecule has 1 aromatic rings. The van der Waals surface area contributed by atoms with Gasteiger partial charge in [0.05, 0.1) is 23.3 Å².